The molecule has 0 atom stereocenters. The van der Waals surface area contributed by atoms with Crippen molar-refractivity contribution in [3.8, 4) is 0 Å². The Hall–Kier alpha value is -3.87. The van der Waals surface area contributed by atoms with Crippen molar-refractivity contribution in [2.24, 2.45) is 5.73 Å². The van der Waals surface area contributed by atoms with E-state index >= 15 is 0 Å². The number of carbonyl (C=O) groups excluding carboxylic acids is 2. The standard InChI is InChI=1S/C22H22N4O3/c1-15-18(5-4-12-25-15)14-29-22(28)26(20-7-3-2-6-19(20)23)13-16-8-10-17(11-9-16)21(24)27/h2-12H,13-14,23H2,1H3,(H2,24,27). The largest absolute Gasteiger partial charge is 0.444 e. The molecule has 0 radical (unpaired) electrons. The third-order valence-corrected chi connectivity index (χ3v) is 4.49. The van der Waals surface area contributed by atoms with Gasteiger partial charge in [0, 0.05) is 23.0 Å². The molecule has 0 unspecified atom stereocenters. The fraction of sp³-hybridized carbons (Fsp3) is 0.136. The fourth-order valence-electron chi connectivity index (χ4n) is 2.83. The Morgan fingerprint density at radius 2 is 1.76 bits per heavy atom. The summed E-state index contributed by atoms with van der Waals surface area (Å²) < 4.78 is 5.53. The van der Waals surface area contributed by atoms with Crippen molar-refractivity contribution in [3.05, 3.63) is 89.2 Å². The van der Waals surface area contributed by atoms with Crippen LogP contribution in [0.1, 0.15) is 27.2 Å². The van der Waals surface area contributed by atoms with Gasteiger partial charge in [-0.1, -0.05) is 30.3 Å². The number of nitrogens with two attached hydrogens (primary N) is 2. The Bertz CT molecular complexity index is 1020. The van der Waals surface area contributed by atoms with E-state index in [1.807, 2.05) is 13.0 Å². The number of ether oxygens (including phenoxy) is 1. The molecule has 7 nitrogen and oxygen atoms in total. The van der Waals surface area contributed by atoms with Crippen LogP contribution in [-0.2, 0) is 17.9 Å². The number of primary amides is 1. The van der Waals surface area contributed by atoms with Crippen LogP contribution in [0, 0.1) is 6.92 Å². The normalized spacial score (nSPS) is 10.4. The molecule has 0 fully saturated rings. The number of carbonyl (C=O) groups is 2. The molecule has 0 saturated heterocycles. The maximum absolute atomic E-state index is 12.9. The number of amides is 2. The first-order valence-corrected chi connectivity index (χ1v) is 9.03. The minimum atomic E-state index is -0.537. The maximum atomic E-state index is 12.9. The first-order chi connectivity index (χ1) is 14.0. The topological polar surface area (TPSA) is 112 Å². The van der Waals surface area contributed by atoms with Crippen LogP contribution >= 0.6 is 0 Å². The Morgan fingerprint density at radius 1 is 1.03 bits per heavy atom. The number of aryl methyl sites for hydroxylation is 1. The van der Waals surface area contributed by atoms with E-state index in [2.05, 4.69) is 4.98 Å². The van der Waals surface area contributed by atoms with Crippen molar-refractivity contribution in [3.63, 3.8) is 0 Å². The first-order valence-electron chi connectivity index (χ1n) is 9.03. The van der Waals surface area contributed by atoms with Gasteiger partial charge in [0.2, 0.25) is 5.91 Å². The number of benzene rings is 2. The van der Waals surface area contributed by atoms with E-state index in [4.69, 9.17) is 16.2 Å². The lowest BCUT2D eigenvalue weighted by Gasteiger charge is -2.24. The van der Waals surface area contributed by atoms with Gasteiger partial charge >= 0.3 is 6.09 Å². The highest BCUT2D eigenvalue weighted by atomic mass is 16.6. The van der Waals surface area contributed by atoms with E-state index in [0.29, 0.717) is 16.9 Å². The number of para-hydroxylation sites is 2. The van der Waals surface area contributed by atoms with Crippen molar-refractivity contribution in [2.75, 3.05) is 10.6 Å². The summed E-state index contributed by atoms with van der Waals surface area (Å²) >= 11 is 0. The molecule has 1 heterocycles. The van der Waals surface area contributed by atoms with Crippen LogP contribution in [0.5, 0.6) is 0 Å². The second-order valence-corrected chi connectivity index (χ2v) is 6.51. The van der Waals surface area contributed by atoms with Crippen molar-refractivity contribution in [1.82, 2.24) is 4.98 Å². The highest BCUT2D eigenvalue weighted by Crippen LogP contribution is 2.25. The minimum Gasteiger partial charge on any atom is -0.444 e. The average Bonchev–Trinajstić information content (AvgIpc) is 2.72. The van der Waals surface area contributed by atoms with Gasteiger partial charge in [-0.25, -0.2) is 4.79 Å². The number of aromatic nitrogens is 1. The van der Waals surface area contributed by atoms with E-state index in [-0.39, 0.29) is 13.2 Å². The van der Waals surface area contributed by atoms with Crippen LogP contribution in [-0.4, -0.2) is 17.0 Å². The number of rotatable bonds is 6. The number of hydrogen-bond donors (Lipinski definition) is 2. The molecule has 2 amide bonds. The molecule has 3 aromatic rings. The van der Waals surface area contributed by atoms with Crippen molar-refractivity contribution in [1.29, 1.82) is 0 Å². The Balaban J connectivity index is 1.83. The molecule has 7 heteroatoms. The van der Waals surface area contributed by atoms with Crippen molar-refractivity contribution in [2.45, 2.75) is 20.1 Å². The Morgan fingerprint density at radius 3 is 2.41 bits per heavy atom. The molecule has 0 bridgehead atoms. The summed E-state index contributed by atoms with van der Waals surface area (Å²) in [6.45, 7) is 2.18. The lowest BCUT2D eigenvalue weighted by Crippen LogP contribution is -2.31. The summed E-state index contributed by atoms with van der Waals surface area (Å²) in [5.41, 5.74) is 15.2. The van der Waals surface area contributed by atoms with E-state index in [1.54, 1.807) is 60.8 Å². The molecule has 4 N–H and O–H groups in total. The van der Waals surface area contributed by atoms with Crippen molar-refractivity contribution >= 4 is 23.4 Å². The van der Waals surface area contributed by atoms with Crippen LogP contribution in [0.4, 0.5) is 16.2 Å². The summed E-state index contributed by atoms with van der Waals surface area (Å²) in [5.74, 6) is -0.507. The molecule has 3 rings (SSSR count). The molecule has 2 aromatic carbocycles. The quantitative estimate of drug-likeness (QED) is 0.627. The number of nitrogens with zero attached hydrogens (tertiary/aromatic N) is 2. The van der Waals surface area contributed by atoms with Crippen LogP contribution < -0.4 is 16.4 Å². The number of nitrogen functional groups attached to an aromatic ring is 1. The lowest BCUT2D eigenvalue weighted by atomic mass is 10.1. The van der Waals surface area contributed by atoms with Gasteiger partial charge in [-0.2, -0.15) is 0 Å². The van der Waals surface area contributed by atoms with E-state index in [9.17, 15) is 9.59 Å². The van der Waals surface area contributed by atoms with Gasteiger partial charge in [-0.3, -0.25) is 14.7 Å². The minimum absolute atomic E-state index is 0.0996. The predicted octanol–water partition coefficient (Wildman–Crippen LogP) is 3.41. The zero-order chi connectivity index (χ0) is 20.8. The predicted molar refractivity (Wildman–Crippen MR) is 111 cm³/mol. The molecule has 0 saturated carbocycles. The summed E-state index contributed by atoms with van der Waals surface area (Å²) in [7, 11) is 0. The maximum Gasteiger partial charge on any atom is 0.415 e. The zero-order valence-corrected chi connectivity index (χ0v) is 16.0. The van der Waals surface area contributed by atoms with Crippen molar-refractivity contribution < 1.29 is 14.3 Å². The average molecular weight is 390 g/mol. The highest BCUT2D eigenvalue weighted by molar-refractivity contribution is 5.93. The van der Waals surface area contributed by atoms with Gasteiger partial charge in [0.05, 0.1) is 17.9 Å². The second-order valence-electron chi connectivity index (χ2n) is 6.51. The smallest absolute Gasteiger partial charge is 0.415 e. The van der Waals surface area contributed by atoms with Gasteiger partial charge in [-0.05, 0) is 42.8 Å². The molecule has 0 spiro atoms. The monoisotopic (exact) mass is 390 g/mol. The summed E-state index contributed by atoms with van der Waals surface area (Å²) in [6, 6.07) is 17.4. The van der Waals surface area contributed by atoms with E-state index < -0.39 is 12.0 Å². The van der Waals surface area contributed by atoms with Crippen LogP contribution in [0.15, 0.2) is 66.9 Å². The third-order valence-electron chi connectivity index (χ3n) is 4.49. The lowest BCUT2D eigenvalue weighted by molar-refractivity contribution is 0.1000. The van der Waals surface area contributed by atoms with Crippen LogP contribution in [0.3, 0.4) is 0 Å². The summed E-state index contributed by atoms with van der Waals surface area (Å²) in [6.07, 6.45) is 1.15. The van der Waals surface area contributed by atoms with Gasteiger partial charge in [0.25, 0.3) is 0 Å². The second kappa shape index (κ2) is 8.88. The molecule has 148 valence electrons. The number of hydrogen-bond acceptors (Lipinski definition) is 5. The molecular weight excluding hydrogens is 368 g/mol. The molecule has 0 aliphatic carbocycles. The van der Waals surface area contributed by atoms with Gasteiger partial charge in [0.1, 0.15) is 6.61 Å². The molecule has 1 aromatic heterocycles. The molecule has 29 heavy (non-hydrogen) atoms. The highest BCUT2D eigenvalue weighted by Gasteiger charge is 2.20. The van der Waals surface area contributed by atoms with E-state index in [1.165, 1.54) is 4.90 Å². The SMILES string of the molecule is Cc1ncccc1COC(=O)N(Cc1ccc(C(N)=O)cc1)c1ccccc1N. The van der Waals surface area contributed by atoms with Gasteiger partial charge in [0.15, 0.2) is 0 Å². The molecule has 0 aliphatic heterocycles. The zero-order valence-electron chi connectivity index (χ0n) is 16.0. The van der Waals surface area contributed by atoms with Crippen LogP contribution in [0.2, 0.25) is 0 Å². The summed E-state index contributed by atoms with van der Waals surface area (Å²) in [5, 5.41) is 0. The first kappa shape index (κ1) is 19.9. The number of pyridine rings is 1. The van der Waals surface area contributed by atoms with Crippen LogP contribution in [0.25, 0.3) is 0 Å². The van der Waals surface area contributed by atoms with Gasteiger partial charge in [-0.15, -0.1) is 0 Å². The fourth-order valence-corrected chi connectivity index (χ4v) is 2.83. The Labute approximate surface area is 168 Å². The Kier molecular flexibility index (Phi) is 6.09. The van der Waals surface area contributed by atoms with E-state index in [0.717, 1.165) is 16.8 Å². The third kappa shape index (κ3) is 4.90. The molecule has 0 aliphatic rings. The number of anilines is 2. The molecular formula is C22H22N4O3. The van der Waals surface area contributed by atoms with Gasteiger partial charge < -0.3 is 16.2 Å². The summed E-state index contributed by atoms with van der Waals surface area (Å²) in [4.78, 5) is 29.8.